The summed E-state index contributed by atoms with van der Waals surface area (Å²) < 4.78 is 63.6. The summed E-state index contributed by atoms with van der Waals surface area (Å²) in [7, 11) is 3.54. The number of carbonyl (C=O) groups is 1. The molecule has 1 amide bonds. The number of aryl methyl sites for hydroxylation is 1. The van der Waals surface area contributed by atoms with Crippen LogP contribution in [0.15, 0.2) is 42.7 Å². The van der Waals surface area contributed by atoms with E-state index >= 15 is 0 Å². The first-order valence-electron chi connectivity index (χ1n) is 13.9. The van der Waals surface area contributed by atoms with E-state index < -0.39 is 29.2 Å². The fourth-order valence-corrected chi connectivity index (χ4v) is 7.13. The Bertz CT molecular complexity index is 1530. The fraction of sp³-hybridized carbons (Fsp3) is 0.500. The van der Waals surface area contributed by atoms with Crippen LogP contribution in [0, 0.1) is 11.3 Å². The number of fused-ring (bicyclic) bond motifs is 1. The van der Waals surface area contributed by atoms with Crippen LogP contribution in [0.1, 0.15) is 64.1 Å². The van der Waals surface area contributed by atoms with Crippen molar-refractivity contribution in [3.05, 3.63) is 76.4 Å². The number of anilines is 1. The Balaban J connectivity index is 1.16. The highest BCUT2D eigenvalue weighted by Gasteiger charge is 2.71. The van der Waals surface area contributed by atoms with E-state index in [0.717, 1.165) is 23.9 Å². The van der Waals surface area contributed by atoms with Gasteiger partial charge in [0.1, 0.15) is 18.3 Å². The van der Waals surface area contributed by atoms with Gasteiger partial charge in [0, 0.05) is 37.4 Å². The van der Waals surface area contributed by atoms with E-state index in [1.165, 1.54) is 4.90 Å². The molecule has 1 aliphatic heterocycles. The number of benzene rings is 2. The van der Waals surface area contributed by atoms with E-state index in [-0.39, 0.29) is 41.7 Å². The molecule has 216 valence electrons. The van der Waals surface area contributed by atoms with Gasteiger partial charge in [-0.15, -0.1) is 10.2 Å². The third-order valence-corrected chi connectivity index (χ3v) is 9.76. The molecule has 0 saturated heterocycles. The van der Waals surface area contributed by atoms with Crippen molar-refractivity contribution in [3.8, 4) is 0 Å². The van der Waals surface area contributed by atoms with E-state index in [0.29, 0.717) is 37.1 Å². The number of methoxy groups -OCH3 is 1. The second-order valence-corrected chi connectivity index (χ2v) is 12.2. The number of hydrogen-bond acceptors (Lipinski definition) is 5. The maximum Gasteiger partial charge on any atom is 0.416 e. The summed E-state index contributed by atoms with van der Waals surface area (Å²) in [6, 6.07) is 10.1. The zero-order chi connectivity index (χ0) is 28.7. The normalized spacial score (nSPS) is 30.0. The molecule has 0 unspecified atom stereocenters. The van der Waals surface area contributed by atoms with Crippen LogP contribution >= 0.6 is 0 Å². The number of nitrogens with one attached hydrogen (secondary N) is 1. The molecule has 1 spiro atoms. The molecular weight excluding hydrogens is 538 g/mol. The SMILES string of the molecule is COC1CC(c2cccc(N3Cc4c(cc(CNC[C@@H]5C[C@@]56C[C@H]6F)cc4C(F)(F)F)C3=O)c2)(c2nncn2C)C1. The van der Waals surface area contributed by atoms with Crippen LogP contribution in [0.3, 0.4) is 0 Å². The Morgan fingerprint density at radius 2 is 1.93 bits per heavy atom. The molecule has 7 nitrogen and oxygen atoms in total. The molecule has 11 heteroatoms. The van der Waals surface area contributed by atoms with Gasteiger partial charge in [0.2, 0.25) is 0 Å². The highest BCUT2D eigenvalue weighted by atomic mass is 19.4. The van der Waals surface area contributed by atoms with E-state index in [1.807, 2.05) is 29.8 Å². The lowest BCUT2D eigenvalue weighted by atomic mass is 9.62. The minimum Gasteiger partial charge on any atom is -0.381 e. The van der Waals surface area contributed by atoms with E-state index in [2.05, 4.69) is 15.5 Å². The molecule has 2 aromatic carbocycles. The quantitative estimate of drug-likeness (QED) is 0.390. The van der Waals surface area contributed by atoms with Gasteiger partial charge in [-0.2, -0.15) is 13.2 Å². The molecular formula is C30H31F4N5O2. The van der Waals surface area contributed by atoms with Crippen LogP contribution in [0.2, 0.25) is 0 Å². The van der Waals surface area contributed by atoms with Crippen molar-refractivity contribution >= 4 is 11.6 Å². The van der Waals surface area contributed by atoms with Crippen LogP contribution in [0.25, 0.3) is 0 Å². The van der Waals surface area contributed by atoms with Gasteiger partial charge >= 0.3 is 6.18 Å². The number of halogens is 4. The Kier molecular flexibility index (Phi) is 5.90. The van der Waals surface area contributed by atoms with Gasteiger partial charge in [0.05, 0.1) is 23.6 Å². The van der Waals surface area contributed by atoms with Gasteiger partial charge in [-0.25, -0.2) is 4.39 Å². The van der Waals surface area contributed by atoms with Crippen LogP contribution in [0.5, 0.6) is 0 Å². The number of amides is 1. The first kappa shape index (κ1) is 26.6. The third kappa shape index (κ3) is 4.19. The van der Waals surface area contributed by atoms with E-state index in [1.54, 1.807) is 25.6 Å². The molecule has 4 aliphatic rings. The predicted octanol–water partition coefficient (Wildman–Crippen LogP) is 4.93. The summed E-state index contributed by atoms with van der Waals surface area (Å²) in [4.78, 5) is 15.0. The lowest BCUT2D eigenvalue weighted by molar-refractivity contribution is -0.138. The lowest BCUT2D eigenvalue weighted by Crippen LogP contribution is -2.48. The largest absolute Gasteiger partial charge is 0.416 e. The number of ether oxygens (including phenoxy) is 1. The van der Waals surface area contributed by atoms with Crippen molar-refractivity contribution in [2.24, 2.45) is 18.4 Å². The van der Waals surface area contributed by atoms with Crippen LogP contribution in [-0.4, -0.2) is 46.6 Å². The summed E-state index contributed by atoms with van der Waals surface area (Å²) in [6.45, 7) is 0.576. The highest BCUT2D eigenvalue weighted by molar-refractivity contribution is 6.10. The van der Waals surface area contributed by atoms with Crippen molar-refractivity contribution in [1.29, 1.82) is 0 Å². The zero-order valence-electron chi connectivity index (χ0n) is 22.8. The molecule has 41 heavy (non-hydrogen) atoms. The Labute approximate surface area is 234 Å². The second-order valence-electron chi connectivity index (χ2n) is 12.2. The number of hydrogen-bond donors (Lipinski definition) is 1. The van der Waals surface area contributed by atoms with E-state index in [4.69, 9.17) is 4.74 Å². The first-order chi connectivity index (χ1) is 19.6. The molecule has 7 rings (SSSR count). The van der Waals surface area contributed by atoms with Gasteiger partial charge in [-0.3, -0.25) is 4.79 Å². The lowest BCUT2D eigenvalue weighted by Gasteiger charge is -2.46. The number of aromatic nitrogens is 3. The molecule has 3 aromatic rings. The van der Waals surface area contributed by atoms with Gasteiger partial charge in [0.15, 0.2) is 0 Å². The minimum absolute atomic E-state index is 0.0119. The zero-order valence-corrected chi connectivity index (χ0v) is 22.8. The standard InChI is InChI=1S/C30H31F4N5O2/c1-38-16-36-37-27(38)29(10-21(11-29)41-2)18-4-3-5-20(8-18)39-15-23-22(26(39)40)6-17(7-24(23)30(32,33)34)13-35-14-19-9-28(19)12-25(28)31/h3-8,16,19,21,25,35H,9-15H2,1-2H3/t19-,21?,25+,28+,29?/m0/s1. The summed E-state index contributed by atoms with van der Waals surface area (Å²) >= 11 is 0. The van der Waals surface area contributed by atoms with Crippen molar-refractivity contribution in [3.63, 3.8) is 0 Å². The van der Waals surface area contributed by atoms with Gasteiger partial charge in [0.25, 0.3) is 5.91 Å². The second kappa shape index (κ2) is 9.09. The van der Waals surface area contributed by atoms with Gasteiger partial charge in [-0.05, 0) is 79.1 Å². The summed E-state index contributed by atoms with van der Waals surface area (Å²) in [6.07, 6.45) is -0.891. The van der Waals surface area contributed by atoms with Crippen LogP contribution in [-0.2, 0) is 36.5 Å². The number of alkyl halides is 4. The summed E-state index contributed by atoms with van der Waals surface area (Å²) in [5, 5.41) is 11.6. The smallest absolute Gasteiger partial charge is 0.381 e. The average Bonchev–Trinajstić information content (AvgIpc) is 3.65. The third-order valence-electron chi connectivity index (χ3n) is 9.76. The molecule has 1 N–H and O–H groups in total. The molecule has 3 atom stereocenters. The van der Waals surface area contributed by atoms with Crippen molar-refractivity contribution in [1.82, 2.24) is 20.1 Å². The maximum atomic E-state index is 14.2. The molecule has 3 aliphatic carbocycles. The predicted molar refractivity (Wildman–Crippen MR) is 142 cm³/mol. The van der Waals surface area contributed by atoms with Crippen molar-refractivity contribution in [2.45, 2.75) is 62.6 Å². The maximum absolute atomic E-state index is 14.2. The fourth-order valence-electron chi connectivity index (χ4n) is 7.13. The minimum atomic E-state index is -4.61. The van der Waals surface area contributed by atoms with Crippen molar-refractivity contribution < 1.29 is 27.1 Å². The molecule has 3 fully saturated rings. The molecule has 0 bridgehead atoms. The molecule has 2 heterocycles. The molecule has 0 radical (unpaired) electrons. The van der Waals surface area contributed by atoms with Crippen LogP contribution in [0.4, 0.5) is 23.2 Å². The Morgan fingerprint density at radius 1 is 1.15 bits per heavy atom. The molecule has 3 saturated carbocycles. The average molecular weight is 570 g/mol. The van der Waals surface area contributed by atoms with Gasteiger partial charge < -0.3 is 19.5 Å². The first-order valence-corrected chi connectivity index (χ1v) is 13.9. The Hall–Kier alpha value is -3.31. The number of rotatable bonds is 8. The van der Waals surface area contributed by atoms with Crippen molar-refractivity contribution in [2.75, 3.05) is 18.6 Å². The van der Waals surface area contributed by atoms with Gasteiger partial charge in [-0.1, -0.05) is 12.1 Å². The number of carbonyl (C=O) groups excluding carboxylic acids is 1. The summed E-state index contributed by atoms with van der Waals surface area (Å²) in [5.41, 5.74) is 0.452. The number of nitrogens with zero attached hydrogens (tertiary/aromatic N) is 4. The van der Waals surface area contributed by atoms with Crippen LogP contribution < -0.4 is 10.2 Å². The summed E-state index contributed by atoms with van der Waals surface area (Å²) in [5.74, 6) is 0.550. The highest BCUT2D eigenvalue weighted by Crippen LogP contribution is 2.71. The molecule has 1 aromatic heterocycles. The Morgan fingerprint density at radius 3 is 2.56 bits per heavy atom. The topological polar surface area (TPSA) is 72.3 Å². The van der Waals surface area contributed by atoms with E-state index in [9.17, 15) is 22.4 Å². The monoisotopic (exact) mass is 569 g/mol.